The lowest BCUT2D eigenvalue weighted by molar-refractivity contribution is 0.693. The fourth-order valence-corrected chi connectivity index (χ4v) is 1.75. The number of hydrogen-bond donors (Lipinski definition) is 1. The molecule has 0 unspecified atom stereocenters. The van der Waals surface area contributed by atoms with E-state index in [0.29, 0.717) is 5.95 Å². The van der Waals surface area contributed by atoms with E-state index < -0.39 is 0 Å². The van der Waals surface area contributed by atoms with Gasteiger partial charge in [0, 0.05) is 20.5 Å². The summed E-state index contributed by atoms with van der Waals surface area (Å²) in [7, 11) is 3.76. The number of rotatable bonds is 4. The number of benzene rings is 1. The first-order valence-corrected chi connectivity index (χ1v) is 5.82. The SMILES string of the molecule is CNc1nc(CCc2ccc(C)cc2)n(C)n1. The summed E-state index contributed by atoms with van der Waals surface area (Å²) in [5, 5.41) is 7.20. The molecular weight excluding hydrogens is 212 g/mol. The van der Waals surface area contributed by atoms with Gasteiger partial charge in [-0.1, -0.05) is 29.8 Å². The molecule has 0 amide bonds. The van der Waals surface area contributed by atoms with E-state index in [2.05, 4.69) is 46.6 Å². The van der Waals surface area contributed by atoms with Crippen molar-refractivity contribution in [2.45, 2.75) is 19.8 Å². The number of nitrogens with zero attached hydrogens (tertiary/aromatic N) is 3. The van der Waals surface area contributed by atoms with Crippen molar-refractivity contribution in [3.05, 3.63) is 41.2 Å². The molecular formula is C13H18N4. The van der Waals surface area contributed by atoms with E-state index in [1.54, 1.807) is 0 Å². The first-order valence-electron chi connectivity index (χ1n) is 5.82. The van der Waals surface area contributed by atoms with Gasteiger partial charge in [-0.25, -0.2) is 0 Å². The Bertz CT molecular complexity index is 485. The second-order valence-electron chi connectivity index (χ2n) is 4.21. The Labute approximate surface area is 102 Å². The molecule has 0 spiro atoms. The highest BCUT2D eigenvalue weighted by molar-refractivity contribution is 5.24. The number of aromatic nitrogens is 3. The van der Waals surface area contributed by atoms with Gasteiger partial charge in [-0.2, -0.15) is 4.98 Å². The molecule has 0 aliphatic heterocycles. The van der Waals surface area contributed by atoms with Gasteiger partial charge in [-0.05, 0) is 18.9 Å². The van der Waals surface area contributed by atoms with Crippen LogP contribution in [0.5, 0.6) is 0 Å². The standard InChI is InChI=1S/C13H18N4/c1-10-4-6-11(7-5-10)8-9-12-15-13(14-2)16-17(12)3/h4-7H,8-9H2,1-3H3,(H,14,16). The lowest BCUT2D eigenvalue weighted by Crippen LogP contribution is -2.01. The van der Waals surface area contributed by atoms with Crippen molar-refractivity contribution in [1.29, 1.82) is 0 Å². The second-order valence-corrected chi connectivity index (χ2v) is 4.21. The summed E-state index contributed by atoms with van der Waals surface area (Å²) in [5.41, 5.74) is 2.63. The molecule has 0 fully saturated rings. The third-order valence-electron chi connectivity index (χ3n) is 2.83. The predicted octanol–water partition coefficient (Wildman–Crippen LogP) is 1.95. The lowest BCUT2D eigenvalue weighted by Gasteiger charge is -2.01. The maximum absolute atomic E-state index is 4.40. The fourth-order valence-electron chi connectivity index (χ4n) is 1.75. The summed E-state index contributed by atoms with van der Waals surface area (Å²) in [6, 6.07) is 8.63. The molecule has 4 heteroatoms. The fraction of sp³-hybridized carbons (Fsp3) is 0.385. The molecule has 0 saturated heterocycles. The number of hydrogen-bond acceptors (Lipinski definition) is 3. The Morgan fingerprint density at radius 2 is 1.88 bits per heavy atom. The number of nitrogens with one attached hydrogen (secondary N) is 1. The molecule has 0 atom stereocenters. The van der Waals surface area contributed by atoms with Crippen LogP contribution in [0, 0.1) is 6.92 Å². The van der Waals surface area contributed by atoms with Crippen LogP contribution in [-0.2, 0) is 19.9 Å². The van der Waals surface area contributed by atoms with Gasteiger partial charge in [-0.3, -0.25) is 4.68 Å². The maximum Gasteiger partial charge on any atom is 0.242 e. The first kappa shape index (κ1) is 11.6. The Balaban J connectivity index is 2.01. The third kappa shape index (κ3) is 2.84. The molecule has 0 radical (unpaired) electrons. The summed E-state index contributed by atoms with van der Waals surface area (Å²) in [6.45, 7) is 2.10. The van der Waals surface area contributed by atoms with Gasteiger partial charge in [0.05, 0.1) is 0 Å². The molecule has 1 aromatic carbocycles. The molecule has 2 rings (SSSR count). The summed E-state index contributed by atoms with van der Waals surface area (Å²) < 4.78 is 1.83. The number of anilines is 1. The third-order valence-corrected chi connectivity index (χ3v) is 2.83. The van der Waals surface area contributed by atoms with Gasteiger partial charge >= 0.3 is 0 Å². The molecule has 4 nitrogen and oxygen atoms in total. The molecule has 0 aliphatic carbocycles. The normalized spacial score (nSPS) is 10.5. The van der Waals surface area contributed by atoms with Gasteiger partial charge < -0.3 is 5.32 Å². The topological polar surface area (TPSA) is 42.7 Å². The van der Waals surface area contributed by atoms with Crippen molar-refractivity contribution < 1.29 is 0 Å². The molecule has 2 aromatic rings. The van der Waals surface area contributed by atoms with Crippen molar-refractivity contribution in [2.75, 3.05) is 12.4 Å². The van der Waals surface area contributed by atoms with Crippen LogP contribution in [0.2, 0.25) is 0 Å². The quantitative estimate of drug-likeness (QED) is 0.873. The van der Waals surface area contributed by atoms with Crippen LogP contribution < -0.4 is 5.32 Å². The van der Waals surface area contributed by atoms with Gasteiger partial charge in [0.2, 0.25) is 5.95 Å². The van der Waals surface area contributed by atoms with Crippen LogP contribution in [0.1, 0.15) is 17.0 Å². The van der Waals surface area contributed by atoms with Crippen molar-refractivity contribution in [1.82, 2.24) is 14.8 Å². The van der Waals surface area contributed by atoms with Crippen LogP contribution in [0.25, 0.3) is 0 Å². The highest BCUT2D eigenvalue weighted by Crippen LogP contribution is 2.08. The van der Waals surface area contributed by atoms with Crippen LogP contribution in [-0.4, -0.2) is 21.8 Å². The molecule has 0 saturated carbocycles. The van der Waals surface area contributed by atoms with Gasteiger partial charge in [0.25, 0.3) is 0 Å². The van der Waals surface area contributed by atoms with E-state index in [9.17, 15) is 0 Å². The summed E-state index contributed by atoms with van der Waals surface area (Å²) in [5.74, 6) is 1.70. The predicted molar refractivity (Wildman–Crippen MR) is 69.1 cm³/mol. The van der Waals surface area contributed by atoms with E-state index in [-0.39, 0.29) is 0 Å². The van der Waals surface area contributed by atoms with Crippen molar-refractivity contribution in [2.24, 2.45) is 7.05 Å². The Morgan fingerprint density at radius 3 is 2.47 bits per heavy atom. The highest BCUT2D eigenvalue weighted by Gasteiger charge is 2.05. The summed E-state index contributed by atoms with van der Waals surface area (Å²) in [4.78, 5) is 4.40. The van der Waals surface area contributed by atoms with Crippen LogP contribution in [0.4, 0.5) is 5.95 Å². The minimum atomic E-state index is 0.686. The summed E-state index contributed by atoms with van der Waals surface area (Å²) >= 11 is 0. The molecule has 1 heterocycles. The monoisotopic (exact) mass is 230 g/mol. The zero-order valence-corrected chi connectivity index (χ0v) is 10.6. The zero-order chi connectivity index (χ0) is 12.3. The average molecular weight is 230 g/mol. The molecule has 0 bridgehead atoms. The van der Waals surface area contributed by atoms with Gasteiger partial charge in [0.15, 0.2) is 0 Å². The molecule has 1 N–H and O–H groups in total. The maximum atomic E-state index is 4.40. The highest BCUT2D eigenvalue weighted by atomic mass is 15.4. The van der Waals surface area contributed by atoms with E-state index in [1.807, 2.05) is 18.8 Å². The molecule has 90 valence electrons. The van der Waals surface area contributed by atoms with Crippen molar-refractivity contribution in [3.63, 3.8) is 0 Å². The summed E-state index contributed by atoms with van der Waals surface area (Å²) in [6.07, 6.45) is 1.91. The lowest BCUT2D eigenvalue weighted by atomic mass is 10.1. The smallest absolute Gasteiger partial charge is 0.242 e. The molecule has 17 heavy (non-hydrogen) atoms. The minimum absolute atomic E-state index is 0.686. The van der Waals surface area contributed by atoms with Crippen molar-refractivity contribution >= 4 is 5.95 Å². The van der Waals surface area contributed by atoms with Crippen LogP contribution in [0.3, 0.4) is 0 Å². The van der Waals surface area contributed by atoms with Crippen molar-refractivity contribution in [3.8, 4) is 0 Å². The number of aryl methyl sites for hydroxylation is 4. The van der Waals surface area contributed by atoms with E-state index in [0.717, 1.165) is 18.7 Å². The van der Waals surface area contributed by atoms with E-state index >= 15 is 0 Å². The minimum Gasteiger partial charge on any atom is -0.356 e. The Kier molecular flexibility index (Phi) is 3.42. The van der Waals surface area contributed by atoms with Crippen LogP contribution >= 0.6 is 0 Å². The molecule has 1 aromatic heterocycles. The van der Waals surface area contributed by atoms with Gasteiger partial charge in [-0.15, -0.1) is 5.10 Å². The van der Waals surface area contributed by atoms with Crippen LogP contribution in [0.15, 0.2) is 24.3 Å². The first-order chi connectivity index (χ1) is 8.19. The van der Waals surface area contributed by atoms with E-state index in [4.69, 9.17) is 0 Å². The largest absolute Gasteiger partial charge is 0.356 e. The Hall–Kier alpha value is -1.84. The Morgan fingerprint density at radius 1 is 1.18 bits per heavy atom. The van der Waals surface area contributed by atoms with E-state index in [1.165, 1.54) is 11.1 Å². The average Bonchev–Trinajstić information content (AvgIpc) is 2.69. The second kappa shape index (κ2) is 4.99. The zero-order valence-electron chi connectivity index (χ0n) is 10.6. The van der Waals surface area contributed by atoms with Gasteiger partial charge in [0.1, 0.15) is 5.82 Å². The molecule has 0 aliphatic rings.